The van der Waals surface area contributed by atoms with Crippen LogP contribution in [-0.4, -0.2) is 28.0 Å². The van der Waals surface area contributed by atoms with E-state index < -0.39 is 52.7 Å². The van der Waals surface area contributed by atoms with Crippen LogP contribution in [0.2, 0.25) is 0 Å². The Labute approximate surface area is 204 Å². The Morgan fingerprint density at radius 3 is 2.30 bits per heavy atom. The normalized spacial score (nSPS) is 14.3. The smallest absolute Gasteiger partial charge is 0.417 e. The van der Waals surface area contributed by atoms with Crippen molar-refractivity contribution in [3.8, 4) is 5.75 Å². The van der Waals surface area contributed by atoms with Gasteiger partial charge in [-0.25, -0.2) is 8.78 Å². The molecule has 0 saturated heterocycles. The maximum Gasteiger partial charge on any atom is 0.417 e. The van der Waals surface area contributed by atoms with Crippen molar-refractivity contribution in [3.63, 3.8) is 0 Å². The predicted octanol–water partition coefficient (Wildman–Crippen LogP) is 4.69. The van der Waals surface area contributed by atoms with Gasteiger partial charge in [-0.2, -0.15) is 22.0 Å². The van der Waals surface area contributed by atoms with E-state index in [0.29, 0.717) is 30.7 Å². The number of ether oxygens (including phenoxy) is 1. The molecule has 3 rings (SSSR count). The second kappa shape index (κ2) is 10.9. The molecule has 37 heavy (non-hydrogen) atoms. The van der Waals surface area contributed by atoms with Gasteiger partial charge in [-0.05, 0) is 36.4 Å². The van der Waals surface area contributed by atoms with E-state index in [2.05, 4.69) is 25.3 Å². The molecule has 0 saturated carbocycles. The molecule has 196 valence electrons. The summed E-state index contributed by atoms with van der Waals surface area (Å²) in [7, 11) is 0. The molecule has 0 amide bonds. The van der Waals surface area contributed by atoms with Gasteiger partial charge in [0.05, 0.1) is 24.0 Å². The Hall–Kier alpha value is -4.14. The van der Waals surface area contributed by atoms with E-state index in [1.807, 2.05) is 0 Å². The van der Waals surface area contributed by atoms with Gasteiger partial charge in [0.15, 0.2) is 5.60 Å². The minimum absolute atomic E-state index is 0.0564. The summed E-state index contributed by atoms with van der Waals surface area (Å²) in [6, 6.07) is 5.37. The van der Waals surface area contributed by atoms with Gasteiger partial charge in [0.1, 0.15) is 36.0 Å². The quantitative estimate of drug-likeness (QED) is 0.104. The molecule has 2 heterocycles. The average Bonchev–Trinajstić information content (AvgIpc) is 2.85. The molecular formula is C22H17F7N6O2. The summed E-state index contributed by atoms with van der Waals surface area (Å²) in [6.45, 7) is -1.44. The van der Waals surface area contributed by atoms with Crippen LogP contribution in [0, 0.1) is 11.6 Å². The minimum Gasteiger partial charge on any atom is -0.486 e. The Kier molecular flexibility index (Phi) is 8.06. The lowest BCUT2D eigenvalue weighted by atomic mass is 9.84. The van der Waals surface area contributed by atoms with Crippen molar-refractivity contribution in [2.75, 3.05) is 6.54 Å². The van der Waals surface area contributed by atoms with E-state index in [4.69, 9.17) is 10.6 Å². The van der Waals surface area contributed by atoms with Crippen molar-refractivity contribution in [1.82, 2.24) is 9.97 Å². The molecule has 0 fully saturated rings. The third kappa shape index (κ3) is 6.17. The third-order valence-electron chi connectivity index (χ3n) is 5.01. The Morgan fingerprint density at radius 2 is 1.73 bits per heavy atom. The van der Waals surface area contributed by atoms with E-state index in [9.17, 15) is 27.1 Å². The fourth-order valence-corrected chi connectivity index (χ4v) is 3.12. The standard InChI is InChI=1S/C22H17F7N6O2/c23-14-2-5-17(18(24)7-14)20(36,11-31-12-34-35-30)21(25,26)19-6-4-16(9-33-19)37-10-15-3-1-13(8-32-15)22(27,28)29/h1-9,12,36H,10-11H2,(H2,30,31,34). The van der Waals surface area contributed by atoms with Crippen LogP contribution in [-0.2, 0) is 24.3 Å². The van der Waals surface area contributed by atoms with Crippen LogP contribution in [0.3, 0.4) is 0 Å². The molecule has 0 aliphatic carbocycles. The Morgan fingerprint density at radius 1 is 0.973 bits per heavy atom. The molecular weight excluding hydrogens is 513 g/mol. The first-order valence-corrected chi connectivity index (χ1v) is 10.1. The molecule has 1 aromatic carbocycles. The van der Waals surface area contributed by atoms with Gasteiger partial charge < -0.3 is 15.7 Å². The highest BCUT2D eigenvalue weighted by molar-refractivity contribution is 5.54. The van der Waals surface area contributed by atoms with Crippen molar-refractivity contribution in [1.29, 1.82) is 0 Å². The lowest BCUT2D eigenvalue weighted by Gasteiger charge is -2.34. The topological polar surface area (TPSA) is 118 Å². The van der Waals surface area contributed by atoms with Gasteiger partial charge in [-0.15, -0.1) is 5.11 Å². The molecule has 8 nitrogen and oxygen atoms in total. The number of aliphatic hydroxyl groups is 1. The van der Waals surface area contributed by atoms with Crippen molar-refractivity contribution in [2.24, 2.45) is 21.2 Å². The second-order valence-corrected chi connectivity index (χ2v) is 7.45. The number of nitrogens with zero attached hydrogens (tertiary/aromatic N) is 5. The molecule has 2 aromatic heterocycles. The van der Waals surface area contributed by atoms with Crippen molar-refractivity contribution in [3.05, 3.63) is 89.0 Å². The van der Waals surface area contributed by atoms with Crippen LogP contribution in [0.15, 0.2) is 70.2 Å². The number of pyridine rings is 2. The Bertz CT molecular complexity index is 1270. The zero-order valence-electron chi connectivity index (χ0n) is 18.5. The van der Waals surface area contributed by atoms with Crippen LogP contribution in [0.1, 0.15) is 22.5 Å². The molecule has 3 N–H and O–H groups in total. The van der Waals surface area contributed by atoms with Crippen molar-refractivity contribution >= 4 is 6.34 Å². The number of benzene rings is 1. The summed E-state index contributed by atoms with van der Waals surface area (Å²) >= 11 is 0. The fraction of sp³-hybridized carbons (Fsp3) is 0.227. The first-order chi connectivity index (χ1) is 17.4. The number of aliphatic imine (C=N–C) groups is 1. The second-order valence-electron chi connectivity index (χ2n) is 7.45. The maximum absolute atomic E-state index is 15.5. The zero-order chi connectivity index (χ0) is 27.3. The number of nitrogens with two attached hydrogens (primary N) is 1. The first-order valence-electron chi connectivity index (χ1n) is 10.1. The number of aromatic nitrogens is 2. The predicted molar refractivity (Wildman–Crippen MR) is 114 cm³/mol. The van der Waals surface area contributed by atoms with Crippen LogP contribution in [0.4, 0.5) is 30.7 Å². The molecule has 15 heteroatoms. The summed E-state index contributed by atoms with van der Waals surface area (Å²) < 4.78 is 102. The van der Waals surface area contributed by atoms with Crippen LogP contribution in [0.5, 0.6) is 5.75 Å². The SMILES string of the molecule is NN=NC=NCC(O)(c1ccc(F)cc1F)C(F)(F)c1ccc(OCc2ccc(C(F)(F)F)cn2)cn1. The van der Waals surface area contributed by atoms with E-state index in [0.717, 1.165) is 30.5 Å². The summed E-state index contributed by atoms with van der Waals surface area (Å²) in [4.78, 5) is 10.7. The van der Waals surface area contributed by atoms with Crippen LogP contribution < -0.4 is 10.6 Å². The van der Waals surface area contributed by atoms with Gasteiger partial charge >= 0.3 is 12.1 Å². The summed E-state index contributed by atoms with van der Waals surface area (Å²) in [6.07, 6.45) is -2.42. The highest BCUT2D eigenvalue weighted by Crippen LogP contribution is 2.46. The molecule has 1 atom stereocenters. The average molecular weight is 530 g/mol. The van der Waals surface area contributed by atoms with Gasteiger partial charge in [0.2, 0.25) is 0 Å². The van der Waals surface area contributed by atoms with E-state index in [1.165, 1.54) is 0 Å². The summed E-state index contributed by atoms with van der Waals surface area (Å²) in [5.41, 5.74) is -6.16. The fourth-order valence-electron chi connectivity index (χ4n) is 3.12. The summed E-state index contributed by atoms with van der Waals surface area (Å²) in [5, 5.41) is 16.9. The first kappa shape index (κ1) is 27.4. The van der Waals surface area contributed by atoms with Crippen molar-refractivity contribution in [2.45, 2.75) is 24.3 Å². The van der Waals surface area contributed by atoms with E-state index in [1.54, 1.807) is 0 Å². The largest absolute Gasteiger partial charge is 0.486 e. The lowest BCUT2D eigenvalue weighted by Crippen LogP contribution is -2.47. The molecule has 0 radical (unpaired) electrons. The third-order valence-corrected chi connectivity index (χ3v) is 5.01. The van der Waals surface area contributed by atoms with Crippen molar-refractivity contribution < 1.29 is 40.6 Å². The molecule has 0 bridgehead atoms. The zero-order valence-corrected chi connectivity index (χ0v) is 18.5. The molecule has 0 aliphatic rings. The van der Waals surface area contributed by atoms with Gasteiger partial charge in [-0.1, -0.05) is 5.22 Å². The number of halogens is 7. The van der Waals surface area contributed by atoms with Crippen LogP contribution in [0.25, 0.3) is 0 Å². The highest BCUT2D eigenvalue weighted by atomic mass is 19.4. The number of rotatable bonds is 9. The number of hydrogen-bond acceptors (Lipinski definition) is 6. The van der Waals surface area contributed by atoms with E-state index >= 15 is 8.78 Å². The lowest BCUT2D eigenvalue weighted by molar-refractivity contribution is -0.193. The van der Waals surface area contributed by atoms with Gasteiger partial charge in [-0.3, -0.25) is 15.0 Å². The minimum atomic E-state index is -4.56. The maximum atomic E-state index is 15.5. The molecule has 3 aromatic rings. The number of alkyl halides is 5. The van der Waals surface area contributed by atoms with Gasteiger partial charge in [0.25, 0.3) is 0 Å². The monoisotopic (exact) mass is 530 g/mol. The molecule has 0 aliphatic heterocycles. The number of hydrogen-bond donors (Lipinski definition) is 2. The summed E-state index contributed by atoms with van der Waals surface area (Å²) in [5.74, 6) is -2.06. The van der Waals surface area contributed by atoms with Crippen LogP contribution >= 0.6 is 0 Å². The van der Waals surface area contributed by atoms with Gasteiger partial charge in [0, 0.05) is 17.8 Å². The highest BCUT2D eigenvalue weighted by Gasteiger charge is 2.57. The molecule has 0 spiro atoms. The van der Waals surface area contributed by atoms with E-state index in [-0.39, 0.29) is 18.1 Å². The molecule has 1 unspecified atom stereocenters. The Balaban J connectivity index is 1.84.